The molecular formula is C19H20ClFN6O4S. The molecule has 3 aromatic rings. The van der Waals surface area contributed by atoms with Crippen molar-refractivity contribution in [3.05, 3.63) is 52.4 Å². The Kier molecular flexibility index (Phi) is 6.65. The third-order valence-electron chi connectivity index (χ3n) is 4.37. The Morgan fingerprint density at radius 1 is 1.28 bits per heavy atom. The van der Waals surface area contributed by atoms with Crippen molar-refractivity contribution < 1.29 is 22.3 Å². The molecule has 0 aliphatic carbocycles. The van der Waals surface area contributed by atoms with Crippen LogP contribution >= 0.6 is 11.6 Å². The van der Waals surface area contributed by atoms with Crippen molar-refractivity contribution in [3.8, 4) is 11.4 Å². The Balaban J connectivity index is 1.81. The quantitative estimate of drug-likeness (QED) is 0.548. The van der Waals surface area contributed by atoms with Gasteiger partial charge in [-0.15, -0.1) is 5.10 Å². The van der Waals surface area contributed by atoms with E-state index >= 15 is 0 Å². The predicted molar refractivity (Wildman–Crippen MR) is 117 cm³/mol. The number of hydrogen-bond donors (Lipinski definition) is 2. The first-order valence-corrected chi connectivity index (χ1v) is 11.5. The van der Waals surface area contributed by atoms with Gasteiger partial charge in [-0.05, 0) is 32.0 Å². The number of aromatic nitrogens is 4. The van der Waals surface area contributed by atoms with E-state index in [-0.39, 0.29) is 22.1 Å². The highest BCUT2D eigenvalue weighted by Crippen LogP contribution is 2.28. The second-order valence-corrected chi connectivity index (χ2v) is 9.09. The first kappa shape index (κ1) is 23.4. The zero-order valence-corrected chi connectivity index (χ0v) is 19.1. The van der Waals surface area contributed by atoms with Crippen LogP contribution in [0.15, 0.2) is 30.3 Å². The maximum Gasteiger partial charge on any atom is 0.413 e. The minimum atomic E-state index is -3.47. The average Bonchev–Trinajstić information content (AvgIpc) is 3.04. The number of hydrogen-bond acceptors (Lipinski definition) is 7. The highest BCUT2D eigenvalue weighted by atomic mass is 35.5. The monoisotopic (exact) mass is 482 g/mol. The van der Waals surface area contributed by atoms with Crippen molar-refractivity contribution in [2.45, 2.75) is 20.0 Å². The van der Waals surface area contributed by atoms with Gasteiger partial charge in [0.2, 0.25) is 10.0 Å². The molecule has 0 saturated carbocycles. The van der Waals surface area contributed by atoms with Crippen LogP contribution in [0.3, 0.4) is 0 Å². The number of aryl methyl sites for hydroxylation is 2. The van der Waals surface area contributed by atoms with Crippen LogP contribution in [0.5, 0.6) is 0 Å². The van der Waals surface area contributed by atoms with E-state index in [1.807, 2.05) is 0 Å². The first-order chi connectivity index (χ1) is 15.0. The number of rotatable bonds is 6. The second kappa shape index (κ2) is 9.09. The summed E-state index contributed by atoms with van der Waals surface area (Å²) in [5, 5.41) is 10.4. The Morgan fingerprint density at radius 3 is 2.66 bits per heavy atom. The van der Waals surface area contributed by atoms with Gasteiger partial charge in [0.15, 0.2) is 11.5 Å². The summed E-state index contributed by atoms with van der Waals surface area (Å²) in [5.74, 6) is -0.482. The van der Waals surface area contributed by atoms with Gasteiger partial charge in [0.25, 0.3) is 0 Å². The number of pyridine rings is 1. The fourth-order valence-corrected chi connectivity index (χ4v) is 3.65. The molecule has 0 aliphatic heterocycles. The zero-order valence-electron chi connectivity index (χ0n) is 17.6. The molecule has 0 radical (unpaired) electrons. The second-order valence-electron chi connectivity index (χ2n) is 6.93. The number of amides is 1. The van der Waals surface area contributed by atoms with Crippen LogP contribution in [-0.2, 0) is 21.8 Å². The average molecular weight is 483 g/mol. The third-order valence-corrected chi connectivity index (χ3v) is 5.26. The Morgan fingerprint density at radius 2 is 2.00 bits per heavy atom. The van der Waals surface area contributed by atoms with Crippen molar-refractivity contribution >= 4 is 39.2 Å². The number of anilines is 2. The molecule has 1 atom stereocenters. The fraction of sp³-hybridized carbons (Fsp3) is 0.263. The van der Waals surface area contributed by atoms with Crippen LogP contribution in [0.25, 0.3) is 11.4 Å². The summed E-state index contributed by atoms with van der Waals surface area (Å²) in [4.78, 5) is 16.8. The number of carbonyl (C=O) groups is 1. The highest BCUT2D eigenvalue weighted by molar-refractivity contribution is 7.92. The van der Waals surface area contributed by atoms with Gasteiger partial charge in [0, 0.05) is 12.6 Å². The minimum absolute atomic E-state index is 0.0771. The third kappa shape index (κ3) is 5.32. The van der Waals surface area contributed by atoms with Crippen LogP contribution in [0.2, 0.25) is 5.02 Å². The van der Waals surface area contributed by atoms with Gasteiger partial charge >= 0.3 is 6.09 Å². The van der Waals surface area contributed by atoms with Crippen LogP contribution in [0.1, 0.15) is 24.3 Å². The summed E-state index contributed by atoms with van der Waals surface area (Å²) in [6.07, 6.45) is -0.747. The van der Waals surface area contributed by atoms with E-state index in [4.69, 9.17) is 16.3 Å². The van der Waals surface area contributed by atoms with E-state index in [1.165, 1.54) is 35.9 Å². The molecule has 0 saturated heterocycles. The molecule has 2 N–H and O–H groups in total. The summed E-state index contributed by atoms with van der Waals surface area (Å²) >= 11 is 5.78. The molecule has 0 aliphatic rings. The summed E-state index contributed by atoms with van der Waals surface area (Å²) in [6.45, 7) is 3.13. The van der Waals surface area contributed by atoms with E-state index < -0.39 is 28.0 Å². The topological polar surface area (TPSA) is 128 Å². The minimum Gasteiger partial charge on any atom is -0.441 e. The number of halogens is 2. The van der Waals surface area contributed by atoms with Crippen LogP contribution < -0.4 is 10.0 Å². The van der Waals surface area contributed by atoms with Gasteiger partial charge in [0.05, 0.1) is 28.4 Å². The van der Waals surface area contributed by atoms with E-state index in [9.17, 15) is 17.6 Å². The molecule has 13 heteroatoms. The molecule has 1 amide bonds. The lowest BCUT2D eigenvalue weighted by Crippen LogP contribution is -2.19. The number of nitrogens with zero attached hydrogens (tertiary/aromatic N) is 4. The van der Waals surface area contributed by atoms with Crippen molar-refractivity contribution in [1.29, 1.82) is 0 Å². The molecule has 170 valence electrons. The molecule has 0 bridgehead atoms. The number of sulfonamides is 1. The molecule has 0 unspecified atom stereocenters. The molecule has 3 rings (SSSR count). The van der Waals surface area contributed by atoms with Crippen LogP contribution in [0, 0.1) is 12.7 Å². The largest absolute Gasteiger partial charge is 0.441 e. The molecule has 32 heavy (non-hydrogen) atoms. The molecule has 0 fully saturated rings. The van der Waals surface area contributed by atoms with Gasteiger partial charge in [0.1, 0.15) is 11.9 Å². The van der Waals surface area contributed by atoms with Gasteiger partial charge < -0.3 is 4.74 Å². The summed E-state index contributed by atoms with van der Waals surface area (Å²) in [7, 11) is -1.91. The summed E-state index contributed by atoms with van der Waals surface area (Å²) in [5.41, 5.74) is 1.42. The Hall–Kier alpha value is -3.25. The smallest absolute Gasteiger partial charge is 0.413 e. The number of ether oxygens (including phenoxy) is 1. The van der Waals surface area contributed by atoms with Crippen LogP contribution in [-0.4, -0.2) is 40.7 Å². The lowest BCUT2D eigenvalue weighted by atomic mass is 10.1. The van der Waals surface area contributed by atoms with E-state index in [0.717, 1.165) is 6.26 Å². The van der Waals surface area contributed by atoms with Crippen molar-refractivity contribution in [1.82, 2.24) is 20.0 Å². The maximum absolute atomic E-state index is 14.2. The predicted octanol–water partition coefficient (Wildman–Crippen LogP) is 3.66. The van der Waals surface area contributed by atoms with E-state index in [0.29, 0.717) is 17.1 Å². The molecular weight excluding hydrogens is 463 g/mol. The highest BCUT2D eigenvalue weighted by Gasteiger charge is 2.21. The summed E-state index contributed by atoms with van der Waals surface area (Å²) < 4.78 is 46.0. The normalized spacial score (nSPS) is 12.3. The maximum atomic E-state index is 14.2. The van der Waals surface area contributed by atoms with Crippen molar-refractivity contribution in [3.63, 3.8) is 0 Å². The number of carbonyl (C=O) groups excluding carboxylic acids is 1. The van der Waals surface area contributed by atoms with E-state index in [1.54, 1.807) is 20.0 Å². The number of benzene rings is 1. The summed E-state index contributed by atoms with van der Waals surface area (Å²) in [6, 6.07) is 7.48. The van der Waals surface area contributed by atoms with Gasteiger partial charge in [-0.3, -0.25) is 10.0 Å². The number of nitrogens with one attached hydrogen (secondary N) is 2. The lowest BCUT2D eigenvalue weighted by Gasteiger charge is -2.15. The van der Waals surface area contributed by atoms with Crippen molar-refractivity contribution in [2.24, 2.45) is 7.05 Å². The van der Waals surface area contributed by atoms with Crippen LogP contribution in [0.4, 0.5) is 20.7 Å². The first-order valence-electron chi connectivity index (χ1n) is 9.23. The van der Waals surface area contributed by atoms with E-state index in [2.05, 4.69) is 25.3 Å². The Bertz CT molecular complexity index is 1280. The van der Waals surface area contributed by atoms with Gasteiger partial charge in [-0.2, -0.15) is 0 Å². The molecule has 10 nitrogen and oxygen atoms in total. The van der Waals surface area contributed by atoms with Gasteiger partial charge in [-0.1, -0.05) is 28.9 Å². The standard InChI is InChI=1S/C19H20ClFN6O4S/c1-10-14(25-32(4,29)30)8-9-15(22-10)17-18(27(3)26-24-17)23-19(28)31-11(2)12-6-5-7-13(20)16(12)21/h5-9,11,25H,1-4H3,(H,23,28)/t11-/m1/s1. The lowest BCUT2D eigenvalue weighted by molar-refractivity contribution is 0.119. The fourth-order valence-electron chi connectivity index (χ4n) is 2.85. The van der Waals surface area contributed by atoms with Gasteiger partial charge in [-0.25, -0.2) is 27.3 Å². The molecule has 2 heterocycles. The zero-order chi connectivity index (χ0) is 23.6. The van der Waals surface area contributed by atoms with Crippen molar-refractivity contribution in [2.75, 3.05) is 16.3 Å². The Labute approximate surface area is 188 Å². The molecule has 1 aromatic carbocycles. The molecule has 0 spiro atoms. The molecule has 2 aromatic heterocycles. The SMILES string of the molecule is Cc1nc(-c2nnn(C)c2NC(=O)O[C@H](C)c2cccc(Cl)c2F)ccc1NS(C)(=O)=O.